The summed E-state index contributed by atoms with van der Waals surface area (Å²) in [7, 11) is 1.57. The number of aromatic nitrogens is 5. The van der Waals surface area contributed by atoms with Gasteiger partial charge >= 0.3 is 12.1 Å². The summed E-state index contributed by atoms with van der Waals surface area (Å²) >= 11 is 0. The molecule has 1 N–H and O–H groups in total. The molecule has 1 amide bonds. The van der Waals surface area contributed by atoms with Crippen LogP contribution in [0.3, 0.4) is 0 Å². The molecule has 1 aliphatic carbocycles. The van der Waals surface area contributed by atoms with Crippen molar-refractivity contribution in [3.05, 3.63) is 101 Å². The van der Waals surface area contributed by atoms with Crippen molar-refractivity contribution in [2.75, 3.05) is 11.9 Å². The van der Waals surface area contributed by atoms with Gasteiger partial charge in [0.1, 0.15) is 11.9 Å². The van der Waals surface area contributed by atoms with Gasteiger partial charge in [0.15, 0.2) is 11.3 Å². The number of ether oxygens (including phenoxy) is 1. The number of fused-ring (bicyclic) bond motifs is 2. The molecule has 3 aromatic heterocycles. The van der Waals surface area contributed by atoms with Gasteiger partial charge in [0.2, 0.25) is 0 Å². The van der Waals surface area contributed by atoms with Gasteiger partial charge in [0.25, 0.3) is 5.91 Å². The third kappa shape index (κ3) is 5.29. The maximum absolute atomic E-state index is 14.1. The van der Waals surface area contributed by atoms with E-state index in [1.807, 2.05) is 6.92 Å². The predicted molar refractivity (Wildman–Crippen MR) is 149 cm³/mol. The molecule has 13 heteroatoms. The van der Waals surface area contributed by atoms with Gasteiger partial charge in [-0.05, 0) is 68.7 Å². The fourth-order valence-electron chi connectivity index (χ4n) is 5.26. The lowest BCUT2D eigenvalue weighted by atomic mass is 9.92. The largest absolute Gasteiger partial charge is 0.484 e. The molecule has 0 bridgehead atoms. The van der Waals surface area contributed by atoms with Crippen LogP contribution >= 0.6 is 0 Å². The smallest absolute Gasteiger partial charge is 0.435 e. The van der Waals surface area contributed by atoms with Crippen LogP contribution in [0.2, 0.25) is 0 Å². The van der Waals surface area contributed by atoms with Crippen molar-refractivity contribution in [3.63, 3.8) is 0 Å². The second-order valence-electron chi connectivity index (χ2n) is 10.3. The van der Waals surface area contributed by atoms with Crippen molar-refractivity contribution in [1.82, 2.24) is 24.4 Å². The minimum Gasteiger partial charge on any atom is -0.484 e. The molecule has 43 heavy (non-hydrogen) atoms. The molecule has 1 aliphatic rings. The molecule has 2 aromatic carbocycles. The first-order valence-corrected chi connectivity index (χ1v) is 13.4. The molecule has 6 rings (SSSR count). The number of aromatic carboxylic acids is 1. The number of carboxylic acid groups (broad SMARTS) is 1. The third-order valence-corrected chi connectivity index (χ3v) is 7.32. The second-order valence-corrected chi connectivity index (χ2v) is 10.3. The van der Waals surface area contributed by atoms with Crippen LogP contribution in [0.4, 0.5) is 18.9 Å². The lowest BCUT2D eigenvalue weighted by molar-refractivity contribution is -0.142. The van der Waals surface area contributed by atoms with Crippen LogP contribution < -0.4 is 9.64 Å². The van der Waals surface area contributed by atoms with Crippen molar-refractivity contribution in [3.8, 4) is 11.4 Å². The van der Waals surface area contributed by atoms with Gasteiger partial charge in [-0.3, -0.25) is 4.79 Å². The first-order valence-electron chi connectivity index (χ1n) is 13.4. The van der Waals surface area contributed by atoms with Crippen molar-refractivity contribution < 1.29 is 32.6 Å². The maximum atomic E-state index is 14.1. The standard InChI is InChI=1S/C30H25F3N6O4/c1-17-13-25-34-15-21(16-38(25)35-17)37(2)28(40)19-5-3-6-20(14-19)39-26-23(27(36-39)30(31,32)33)7-4-8-24(26)43-22-11-9-18(10-12-22)29(41)42/h3,5-6,9-16,24H,4,7-8H2,1-2H3,(H,41,42)/t24-/m0/s1. The Morgan fingerprint density at radius 3 is 2.56 bits per heavy atom. The van der Waals surface area contributed by atoms with Crippen LogP contribution in [0.15, 0.2) is 67.0 Å². The van der Waals surface area contributed by atoms with Crippen LogP contribution in [0.1, 0.15) is 62.3 Å². The molecule has 0 radical (unpaired) electrons. The second kappa shape index (κ2) is 10.6. The van der Waals surface area contributed by atoms with E-state index in [0.717, 1.165) is 5.69 Å². The fourth-order valence-corrected chi connectivity index (χ4v) is 5.26. The van der Waals surface area contributed by atoms with Crippen molar-refractivity contribution in [2.24, 2.45) is 0 Å². The Morgan fingerprint density at radius 1 is 1.07 bits per heavy atom. The highest BCUT2D eigenvalue weighted by atomic mass is 19.4. The Labute approximate surface area is 243 Å². The number of hydrogen-bond donors (Lipinski definition) is 1. The Hall–Kier alpha value is -5.20. The van der Waals surface area contributed by atoms with E-state index in [1.165, 1.54) is 39.9 Å². The van der Waals surface area contributed by atoms with Gasteiger partial charge < -0.3 is 14.7 Å². The SMILES string of the molecule is Cc1cc2ncc(N(C)C(=O)c3cccc(-n4nc(C(F)(F)F)c5c4[C@@H](Oc4ccc(C(=O)O)cc4)CCC5)c3)cn2n1. The van der Waals surface area contributed by atoms with E-state index in [9.17, 15) is 27.9 Å². The number of anilines is 1. The Bertz CT molecular complexity index is 1860. The zero-order valence-corrected chi connectivity index (χ0v) is 23.0. The van der Waals surface area contributed by atoms with Crippen LogP contribution in [0.25, 0.3) is 11.3 Å². The maximum Gasteiger partial charge on any atom is 0.435 e. The van der Waals surface area contributed by atoms with Gasteiger partial charge in [-0.25, -0.2) is 19.0 Å². The number of alkyl halides is 3. The molecule has 0 saturated carbocycles. The highest BCUT2D eigenvalue weighted by Gasteiger charge is 2.42. The van der Waals surface area contributed by atoms with E-state index in [-0.39, 0.29) is 34.5 Å². The highest BCUT2D eigenvalue weighted by Crippen LogP contribution is 2.42. The van der Waals surface area contributed by atoms with E-state index < -0.39 is 29.9 Å². The zero-order chi connectivity index (χ0) is 30.5. The number of halogens is 3. The van der Waals surface area contributed by atoms with Crippen LogP contribution in [-0.4, -0.2) is 48.4 Å². The van der Waals surface area contributed by atoms with Crippen LogP contribution in [-0.2, 0) is 12.6 Å². The first kappa shape index (κ1) is 27.9. The Kier molecular flexibility index (Phi) is 6.87. The molecule has 1 atom stereocenters. The average molecular weight is 591 g/mol. The quantitative estimate of drug-likeness (QED) is 0.271. The summed E-state index contributed by atoms with van der Waals surface area (Å²) in [6, 6.07) is 13.7. The highest BCUT2D eigenvalue weighted by molar-refractivity contribution is 6.05. The summed E-state index contributed by atoms with van der Waals surface area (Å²) < 4.78 is 51.3. The minimum atomic E-state index is -4.70. The number of hydrogen-bond acceptors (Lipinski definition) is 6. The summed E-state index contributed by atoms with van der Waals surface area (Å²) in [5.74, 6) is -1.20. The molecule has 10 nitrogen and oxygen atoms in total. The topological polar surface area (TPSA) is 115 Å². The first-order chi connectivity index (χ1) is 20.5. The van der Waals surface area contributed by atoms with E-state index in [4.69, 9.17) is 4.74 Å². The molecule has 0 saturated heterocycles. The van der Waals surface area contributed by atoms with Crippen molar-refractivity contribution in [2.45, 2.75) is 38.5 Å². The molecule has 3 heterocycles. The summed E-state index contributed by atoms with van der Waals surface area (Å²) in [4.78, 5) is 30.4. The van der Waals surface area contributed by atoms with E-state index in [0.29, 0.717) is 29.9 Å². The number of rotatable bonds is 6. The third-order valence-electron chi connectivity index (χ3n) is 7.32. The molecule has 0 fully saturated rings. The summed E-state index contributed by atoms with van der Waals surface area (Å²) in [5.41, 5.74) is 1.70. The molecule has 0 spiro atoms. The molecular formula is C30H25F3N6O4. The van der Waals surface area contributed by atoms with Gasteiger partial charge in [-0.15, -0.1) is 0 Å². The zero-order valence-electron chi connectivity index (χ0n) is 23.0. The normalized spacial score (nSPS) is 14.9. The van der Waals surface area contributed by atoms with Gasteiger partial charge in [0.05, 0.1) is 40.7 Å². The number of nitrogens with zero attached hydrogens (tertiary/aromatic N) is 6. The predicted octanol–water partition coefficient (Wildman–Crippen LogP) is 5.67. The fraction of sp³-hybridized carbons (Fsp3) is 0.233. The lowest BCUT2D eigenvalue weighted by Crippen LogP contribution is -2.27. The van der Waals surface area contributed by atoms with Gasteiger partial charge in [-0.1, -0.05) is 6.07 Å². The van der Waals surface area contributed by atoms with Crippen LogP contribution in [0, 0.1) is 6.92 Å². The number of benzene rings is 2. The average Bonchev–Trinajstić information content (AvgIpc) is 3.57. The van der Waals surface area contributed by atoms with Crippen LogP contribution in [0.5, 0.6) is 5.75 Å². The van der Waals surface area contributed by atoms with Crippen molar-refractivity contribution in [1.29, 1.82) is 0 Å². The lowest BCUT2D eigenvalue weighted by Gasteiger charge is -2.26. The van der Waals surface area contributed by atoms with E-state index in [1.54, 1.807) is 48.2 Å². The molecule has 0 unspecified atom stereocenters. The monoisotopic (exact) mass is 590 g/mol. The number of aryl methyl sites for hydroxylation is 1. The Balaban J connectivity index is 1.37. The summed E-state index contributed by atoms with van der Waals surface area (Å²) in [6.45, 7) is 1.83. The molecular weight excluding hydrogens is 565 g/mol. The molecule has 0 aliphatic heterocycles. The number of amides is 1. The summed E-state index contributed by atoms with van der Waals surface area (Å²) in [6.07, 6.45) is -1.27. The van der Waals surface area contributed by atoms with E-state index >= 15 is 0 Å². The number of carbonyl (C=O) groups excluding carboxylic acids is 1. The Morgan fingerprint density at radius 2 is 1.84 bits per heavy atom. The molecule has 220 valence electrons. The summed E-state index contributed by atoms with van der Waals surface area (Å²) in [5, 5.41) is 17.5. The van der Waals surface area contributed by atoms with Crippen molar-refractivity contribution >= 4 is 23.2 Å². The van der Waals surface area contributed by atoms with Gasteiger partial charge in [-0.2, -0.15) is 23.4 Å². The number of carboxylic acids is 1. The molecule has 5 aromatic rings. The van der Waals surface area contributed by atoms with E-state index in [2.05, 4.69) is 15.2 Å². The van der Waals surface area contributed by atoms with Gasteiger partial charge in [0, 0.05) is 24.2 Å². The minimum absolute atomic E-state index is 0.0358. The number of carbonyl (C=O) groups is 2.